The third-order valence-electron chi connectivity index (χ3n) is 3.21. The Labute approximate surface area is 101 Å². The summed E-state index contributed by atoms with van der Waals surface area (Å²) in [6.45, 7) is 4.26. The Hall–Kier alpha value is -0.290. The van der Waals surface area contributed by atoms with Gasteiger partial charge in [0.2, 0.25) is 0 Å². The van der Waals surface area contributed by atoms with E-state index in [1.807, 2.05) is 6.92 Å². The second kappa shape index (κ2) is 7.21. The van der Waals surface area contributed by atoms with Crippen LogP contribution >= 0.6 is 0 Å². The lowest BCUT2D eigenvalue weighted by Gasteiger charge is -2.31. The Morgan fingerprint density at radius 3 is 2.71 bits per heavy atom. The molecule has 0 aromatic carbocycles. The fraction of sp³-hybridized carbons (Fsp3) is 1.00. The first-order valence-electron chi connectivity index (χ1n) is 6.41. The molecule has 1 aliphatic heterocycles. The minimum Gasteiger partial charge on any atom is -0.381 e. The zero-order valence-electron chi connectivity index (χ0n) is 10.4. The Morgan fingerprint density at radius 1 is 1.41 bits per heavy atom. The van der Waals surface area contributed by atoms with E-state index in [0.717, 1.165) is 26.0 Å². The highest BCUT2D eigenvalue weighted by atomic mass is 19.4. The maximum atomic E-state index is 12.1. The van der Waals surface area contributed by atoms with Gasteiger partial charge >= 0.3 is 6.18 Å². The van der Waals surface area contributed by atoms with Gasteiger partial charge in [0.1, 0.15) is 0 Å². The first-order valence-corrected chi connectivity index (χ1v) is 6.41. The van der Waals surface area contributed by atoms with Crippen LogP contribution in [0.4, 0.5) is 13.2 Å². The third-order valence-corrected chi connectivity index (χ3v) is 3.21. The number of halogens is 3. The summed E-state index contributed by atoms with van der Waals surface area (Å²) in [5, 5.41) is 3.29. The van der Waals surface area contributed by atoms with Crippen LogP contribution in [0.2, 0.25) is 0 Å². The summed E-state index contributed by atoms with van der Waals surface area (Å²) in [6, 6.07) is 0.169. The standard InChI is InChI=1S/C12H22F3NO/c1-2-16-11(6-3-7-12(13,14)15)10-5-4-8-17-9-10/h10-11,16H,2-9H2,1H3. The lowest BCUT2D eigenvalue weighted by Crippen LogP contribution is -2.40. The van der Waals surface area contributed by atoms with Crippen LogP contribution in [0, 0.1) is 5.92 Å². The monoisotopic (exact) mass is 253 g/mol. The number of hydrogen-bond acceptors (Lipinski definition) is 2. The van der Waals surface area contributed by atoms with Crippen LogP contribution in [0.3, 0.4) is 0 Å². The van der Waals surface area contributed by atoms with Crippen molar-refractivity contribution < 1.29 is 17.9 Å². The second-order valence-corrected chi connectivity index (χ2v) is 4.65. The Balaban J connectivity index is 2.31. The van der Waals surface area contributed by atoms with Crippen molar-refractivity contribution in [1.29, 1.82) is 0 Å². The quantitative estimate of drug-likeness (QED) is 0.785. The number of alkyl halides is 3. The highest BCUT2D eigenvalue weighted by Gasteiger charge is 2.28. The molecule has 0 aromatic rings. The van der Waals surface area contributed by atoms with E-state index in [-0.39, 0.29) is 12.5 Å². The van der Waals surface area contributed by atoms with Gasteiger partial charge in [-0.1, -0.05) is 6.92 Å². The smallest absolute Gasteiger partial charge is 0.381 e. The van der Waals surface area contributed by atoms with Crippen LogP contribution in [0.1, 0.15) is 39.0 Å². The maximum absolute atomic E-state index is 12.1. The van der Waals surface area contributed by atoms with Crippen molar-refractivity contribution in [3.63, 3.8) is 0 Å². The van der Waals surface area contributed by atoms with Crippen LogP contribution in [-0.4, -0.2) is 32.0 Å². The largest absolute Gasteiger partial charge is 0.389 e. The van der Waals surface area contributed by atoms with Gasteiger partial charge in [0.25, 0.3) is 0 Å². The summed E-state index contributed by atoms with van der Waals surface area (Å²) in [4.78, 5) is 0. The molecule has 0 saturated carbocycles. The fourth-order valence-corrected chi connectivity index (χ4v) is 2.37. The van der Waals surface area contributed by atoms with Crippen molar-refractivity contribution in [3.8, 4) is 0 Å². The topological polar surface area (TPSA) is 21.3 Å². The molecular weight excluding hydrogens is 231 g/mol. The highest BCUT2D eigenvalue weighted by molar-refractivity contribution is 4.78. The molecule has 102 valence electrons. The van der Waals surface area contributed by atoms with Crippen molar-refractivity contribution in [1.82, 2.24) is 5.32 Å². The minimum atomic E-state index is -4.03. The molecule has 2 atom stereocenters. The van der Waals surface area contributed by atoms with Gasteiger partial charge in [-0.2, -0.15) is 13.2 Å². The minimum absolute atomic E-state index is 0.169. The molecule has 0 aromatic heterocycles. The van der Waals surface area contributed by atoms with E-state index in [9.17, 15) is 13.2 Å². The van der Waals surface area contributed by atoms with Crippen LogP contribution in [0.15, 0.2) is 0 Å². The molecule has 5 heteroatoms. The van der Waals surface area contributed by atoms with Gasteiger partial charge < -0.3 is 10.1 Å². The highest BCUT2D eigenvalue weighted by Crippen LogP contribution is 2.26. The lowest BCUT2D eigenvalue weighted by molar-refractivity contribution is -0.136. The van der Waals surface area contributed by atoms with E-state index in [1.165, 1.54) is 0 Å². The van der Waals surface area contributed by atoms with E-state index in [2.05, 4.69) is 5.32 Å². The summed E-state index contributed by atoms with van der Waals surface area (Å²) >= 11 is 0. The zero-order chi connectivity index (χ0) is 12.7. The summed E-state index contributed by atoms with van der Waals surface area (Å²) in [5.41, 5.74) is 0. The summed E-state index contributed by atoms with van der Waals surface area (Å²) in [5.74, 6) is 0.372. The average Bonchev–Trinajstić information content (AvgIpc) is 2.27. The van der Waals surface area contributed by atoms with Crippen LogP contribution in [-0.2, 0) is 4.74 Å². The van der Waals surface area contributed by atoms with Gasteiger partial charge in [0, 0.05) is 19.1 Å². The molecule has 1 rings (SSSR count). The predicted molar refractivity (Wildman–Crippen MR) is 60.9 cm³/mol. The molecule has 1 heterocycles. The maximum Gasteiger partial charge on any atom is 0.389 e. The molecule has 1 fully saturated rings. The van der Waals surface area contributed by atoms with Crippen molar-refractivity contribution >= 4 is 0 Å². The predicted octanol–water partition coefficient (Wildman–Crippen LogP) is 3.12. The molecule has 1 N–H and O–H groups in total. The molecule has 0 amide bonds. The van der Waals surface area contributed by atoms with E-state index >= 15 is 0 Å². The number of ether oxygens (including phenoxy) is 1. The lowest BCUT2D eigenvalue weighted by atomic mass is 9.90. The molecule has 1 saturated heterocycles. The molecule has 0 aliphatic carbocycles. The molecular formula is C12H22F3NO. The van der Waals surface area contributed by atoms with Gasteiger partial charge in [-0.3, -0.25) is 0 Å². The van der Waals surface area contributed by atoms with Gasteiger partial charge in [-0.15, -0.1) is 0 Å². The molecule has 2 nitrogen and oxygen atoms in total. The summed E-state index contributed by atoms with van der Waals surface area (Å²) in [6.07, 6.45) is -1.84. The van der Waals surface area contributed by atoms with Gasteiger partial charge in [-0.25, -0.2) is 0 Å². The Bertz CT molecular complexity index is 202. The SMILES string of the molecule is CCNC(CCCC(F)(F)F)C1CCCOC1. The van der Waals surface area contributed by atoms with Crippen molar-refractivity contribution in [3.05, 3.63) is 0 Å². The number of hydrogen-bond donors (Lipinski definition) is 1. The average molecular weight is 253 g/mol. The number of nitrogens with one attached hydrogen (secondary N) is 1. The first kappa shape index (κ1) is 14.8. The van der Waals surface area contributed by atoms with Crippen LogP contribution < -0.4 is 5.32 Å². The third kappa shape index (κ3) is 6.27. The van der Waals surface area contributed by atoms with Crippen molar-refractivity contribution in [2.75, 3.05) is 19.8 Å². The zero-order valence-corrected chi connectivity index (χ0v) is 10.4. The van der Waals surface area contributed by atoms with Gasteiger partial charge in [0.15, 0.2) is 0 Å². The van der Waals surface area contributed by atoms with E-state index in [1.54, 1.807) is 0 Å². The normalized spacial score (nSPS) is 23.6. The first-order chi connectivity index (χ1) is 8.03. The van der Waals surface area contributed by atoms with Crippen molar-refractivity contribution in [2.45, 2.75) is 51.2 Å². The van der Waals surface area contributed by atoms with E-state index < -0.39 is 12.6 Å². The summed E-state index contributed by atoms with van der Waals surface area (Å²) < 4.78 is 41.7. The molecule has 0 bridgehead atoms. The number of rotatable bonds is 6. The Morgan fingerprint density at radius 2 is 2.18 bits per heavy atom. The van der Waals surface area contributed by atoms with Crippen LogP contribution in [0.25, 0.3) is 0 Å². The molecule has 17 heavy (non-hydrogen) atoms. The van der Waals surface area contributed by atoms with Crippen LogP contribution in [0.5, 0.6) is 0 Å². The van der Waals surface area contributed by atoms with Crippen molar-refractivity contribution in [2.24, 2.45) is 5.92 Å². The second-order valence-electron chi connectivity index (χ2n) is 4.65. The van der Waals surface area contributed by atoms with Gasteiger partial charge in [0.05, 0.1) is 6.61 Å². The Kier molecular flexibility index (Phi) is 6.27. The molecule has 0 spiro atoms. The molecule has 0 radical (unpaired) electrons. The van der Waals surface area contributed by atoms with Gasteiger partial charge in [-0.05, 0) is 38.1 Å². The molecule has 1 aliphatic rings. The van der Waals surface area contributed by atoms with E-state index in [0.29, 0.717) is 18.9 Å². The fourth-order valence-electron chi connectivity index (χ4n) is 2.37. The van der Waals surface area contributed by atoms with E-state index in [4.69, 9.17) is 4.74 Å². The molecule has 2 unspecified atom stereocenters. The summed E-state index contributed by atoms with van der Waals surface area (Å²) in [7, 11) is 0.